The molecule has 0 aromatic carbocycles. The summed E-state index contributed by atoms with van der Waals surface area (Å²) in [7, 11) is 0. The van der Waals surface area contributed by atoms with Gasteiger partial charge < -0.3 is 9.47 Å². The molecule has 5 rings (SSSR count). The number of pyridine rings is 1. The monoisotopic (exact) mass is 471 g/mol. The average Bonchev–Trinajstić information content (AvgIpc) is 3.35. The highest BCUT2D eigenvalue weighted by Gasteiger charge is 2.37. The minimum absolute atomic E-state index is 0.0388. The van der Waals surface area contributed by atoms with Crippen LogP contribution in [0.2, 0.25) is 0 Å². The Labute approximate surface area is 193 Å². The molecule has 2 bridgehead atoms. The standard InChI is InChI=1S/C22H21N3O3S3/c26-19(6-7-24-21(28)18(31-22(24)29)10-16-3-2-8-30-16)23-11-14-9-15(13-23)17-4-1-5-20(27)25(17)12-14/h1-5,8,10,14-15H,6-7,9,11-13H2/t14-,15+/m1/s1. The molecule has 5 heterocycles. The summed E-state index contributed by atoms with van der Waals surface area (Å²) < 4.78 is 2.37. The van der Waals surface area contributed by atoms with Crippen molar-refractivity contribution < 1.29 is 9.59 Å². The van der Waals surface area contributed by atoms with Gasteiger partial charge in [0.2, 0.25) is 5.91 Å². The van der Waals surface area contributed by atoms with Crippen LogP contribution < -0.4 is 5.56 Å². The number of nitrogens with zero attached hydrogens (tertiary/aromatic N) is 3. The summed E-state index contributed by atoms with van der Waals surface area (Å²) in [6, 6.07) is 9.30. The molecule has 160 valence electrons. The van der Waals surface area contributed by atoms with Crippen molar-refractivity contribution in [1.29, 1.82) is 0 Å². The summed E-state index contributed by atoms with van der Waals surface area (Å²) in [5, 5.41) is 1.97. The van der Waals surface area contributed by atoms with Gasteiger partial charge >= 0.3 is 0 Å². The smallest absolute Gasteiger partial charge is 0.266 e. The number of carbonyl (C=O) groups excluding carboxylic acids is 2. The number of thioether (sulfide) groups is 1. The molecule has 2 fully saturated rings. The number of hydrogen-bond acceptors (Lipinski definition) is 6. The van der Waals surface area contributed by atoms with E-state index >= 15 is 0 Å². The second-order valence-corrected chi connectivity index (χ2v) is 10.8. The number of amides is 2. The number of piperidine rings is 1. The zero-order valence-corrected chi connectivity index (χ0v) is 19.2. The largest absolute Gasteiger partial charge is 0.342 e. The Kier molecular flexibility index (Phi) is 5.58. The summed E-state index contributed by atoms with van der Waals surface area (Å²) >= 11 is 8.26. The Bertz CT molecular complexity index is 1140. The van der Waals surface area contributed by atoms with Crippen molar-refractivity contribution in [3.05, 3.63) is 61.5 Å². The molecule has 0 unspecified atom stereocenters. The van der Waals surface area contributed by atoms with Gasteiger partial charge in [-0.1, -0.05) is 36.1 Å². The van der Waals surface area contributed by atoms with Crippen LogP contribution in [0.4, 0.5) is 0 Å². The molecule has 2 amide bonds. The lowest BCUT2D eigenvalue weighted by atomic mass is 9.83. The van der Waals surface area contributed by atoms with Crippen LogP contribution in [0.5, 0.6) is 0 Å². The molecule has 0 radical (unpaired) electrons. The normalized spacial score (nSPS) is 24.1. The van der Waals surface area contributed by atoms with Crippen LogP contribution in [0.1, 0.15) is 29.3 Å². The zero-order valence-electron chi connectivity index (χ0n) is 16.7. The summed E-state index contributed by atoms with van der Waals surface area (Å²) in [5.41, 5.74) is 1.06. The maximum absolute atomic E-state index is 13.0. The van der Waals surface area contributed by atoms with Gasteiger partial charge in [0.05, 0.1) is 4.91 Å². The lowest BCUT2D eigenvalue weighted by molar-refractivity contribution is -0.134. The third kappa shape index (κ3) is 4.02. The van der Waals surface area contributed by atoms with Gasteiger partial charge in [-0.15, -0.1) is 11.3 Å². The van der Waals surface area contributed by atoms with Gasteiger partial charge in [-0.05, 0) is 35.9 Å². The van der Waals surface area contributed by atoms with Gasteiger partial charge in [0, 0.05) is 55.2 Å². The third-order valence-corrected chi connectivity index (χ3v) is 8.27. The Morgan fingerprint density at radius 3 is 2.84 bits per heavy atom. The van der Waals surface area contributed by atoms with Gasteiger partial charge in [0.1, 0.15) is 4.32 Å². The molecule has 0 N–H and O–H groups in total. The van der Waals surface area contributed by atoms with E-state index in [2.05, 4.69) is 0 Å². The van der Waals surface area contributed by atoms with Crippen molar-refractivity contribution in [1.82, 2.24) is 14.4 Å². The van der Waals surface area contributed by atoms with E-state index in [0.717, 1.165) is 17.0 Å². The first-order valence-electron chi connectivity index (χ1n) is 10.3. The van der Waals surface area contributed by atoms with Crippen LogP contribution in [0.3, 0.4) is 0 Å². The maximum atomic E-state index is 13.0. The fourth-order valence-corrected chi connectivity index (χ4v) is 6.69. The van der Waals surface area contributed by atoms with E-state index in [0.29, 0.717) is 41.3 Å². The van der Waals surface area contributed by atoms with Gasteiger partial charge in [-0.2, -0.15) is 0 Å². The second-order valence-electron chi connectivity index (χ2n) is 8.10. The Morgan fingerprint density at radius 1 is 1.16 bits per heavy atom. The Morgan fingerprint density at radius 2 is 2.03 bits per heavy atom. The molecule has 2 aromatic heterocycles. The molecular formula is C22H21N3O3S3. The van der Waals surface area contributed by atoms with Crippen LogP contribution in [0.15, 0.2) is 45.4 Å². The molecule has 31 heavy (non-hydrogen) atoms. The van der Waals surface area contributed by atoms with Crippen LogP contribution in [0, 0.1) is 5.92 Å². The third-order valence-electron chi connectivity index (χ3n) is 6.07. The highest BCUT2D eigenvalue weighted by Crippen LogP contribution is 2.36. The van der Waals surface area contributed by atoms with E-state index in [1.54, 1.807) is 23.5 Å². The van der Waals surface area contributed by atoms with E-state index in [9.17, 15) is 14.4 Å². The fraction of sp³-hybridized carbons (Fsp3) is 0.364. The lowest BCUT2D eigenvalue weighted by Crippen LogP contribution is -2.49. The number of fused-ring (bicyclic) bond motifs is 4. The molecule has 3 aliphatic rings. The summed E-state index contributed by atoms with van der Waals surface area (Å²) in [6.45, 7) is 2.24. The van der Waals surface area contributed by atoms with Gasteiger partial charge in [0.15, 0.2) is 0 Å². The van der Waals surface area contributed by atoms with Crippen molar-refractivity contribution in [3.8, 4) is 0 Å². The molecular weight excluding hydrogens is 450 g/mol. The van der Waals surface area contributed by atoms with Crippen molar-refractivity contribution in [2.24, 2.45) is 5.92 Å². The van der Waals surface area contributed by atoms with Crippen LogP contribution in [-0.4, -0.2) is 50.1 Å². The number of hydrogen-bond donors (Lipinski definition) is 0. The zero-order chi connectivity index (χ0) is 21.5. The van der Waals surface area contributed by atoms with Crippen LogP contribution >= 0.6 is 35.3 Å². The van der Waals surface area contributed by atoms with E-state index in [1.807, 2.05) is 39.1 Å². The Balaban J connectivity index is 1.23. The highest BCUT2D eigenvalue weighted by atomic mass is 32.2. The SMILES string of the molecule is O=C(CCN1C(=O)C(=Cc2cccs2)SC1=S)N1C[C@H]2C[C@@H](C1)c1cccc(=O)n1C2. The maximum Gasteiger partial charge on any atom is 0.266 e. The number of rotatable bonds is 4. The minimum Gasteiger partial charge on any atom is -0.342 e. The first kappa shape index (κ1) is 20.7. The molecule has 0 spiro atoms. The summed E-state index contributed by atoms with van der Waals surface area (Å²) in [5.74, 6) is 0.397. The molecule has 0 saturated carbocycles. The van der Waals surface area contributed by atoms with Gasteiger partial charge in [0.25, 0.3) is 11.5 Å². The molecule has 2 aromatic rings. The number of aromatic nitrogens is 1. The Hall–Kier alpha value is -2.23. The molecule has 2 atom stereocenters. The quantitative estimate of drug-likeness (QED) is 0.506. The number of likely N-dealkylation sites (tertiary alicyclic amines) is 1. The molecule has 6 nitrogen and oxygen atoms in total. The van der Waals surface area contributed by atoms with Gasteiger partial charge in [-0.25, -0.2) is 0 Å². The predicted octanol–water partition coefficient (Wildman–Crippen LogP) is 3.15. The average molecular weight is 472 g/mol. The second kappa shape index (κ2) is 8.37. The van der Waals surface area contributed by atoms with E-state index in [-0.39, 0.29) is 29.7 Å². The molecule has 3 aliphatic heterocycles. The van der Waals surface area contributed by atoms with Crippen molar-refractivity contribution in [2.75, 3.05) is 19.6 Å². The fourth-order valence-electron chi connectivity index (χ4n) is 4.66. The first-order chi connectivity index (χ1) is 15.0. The van der Waals surface area contributed by atoms with Crippen LogP contribution in [-0.2, 0) is 16.1 Å². The summed E-state index contributed by atoms with van der Waals surface area (Å²) in [6.07, 6.45) is 3.12. The highest BCUT2D eigenvalue weighted by molar-refractivity contribution is 8.26. The van der Waals surface area contributed by atoms with E-state index < -0.39 is 0 Å². The first-order valence-corrected chi connectivity index (χ1v) is 12.4. The van der Waals surface area contributed by atoms with Crippen molar-refractivity contribution >= 4 is 57.5 Å². The van der Waals surface area contributed by atoms with Crippen molar-refractivity contribution in [2.45, 2.75) is 25.3 Å². The van der Waals surface area contributed by atoms with Crippen molar-refractivity contribution in [3.63, 3.8) is 0 Å². The number of carbonyl (C=O) groups is 2. The lowest BCUT2D eigenvalue weighted by Gasteiger charge is -2.42. The molecule has 9 heteroatoms. The summed E-state index contributed by atoms with van der Waals surface area (Å²) in [4.78, 5) is 43.0. The van der Waals surface area contributed by atoms with Gasteiger partial charge in [-0.3, -0.25) is 19.3 Å². The number of thiocarbonyl (C=S) groups is 1. The van der Waals surface area contributed by atoms with E-state index in [4.69, 9.17) is 12.2 Å². The predicted molar refractivity (Wildman–Crippen MR) is 127 cm³/mol. The number of thiophene rings is 1. The minimum atomic E-state index is -0.125. The molecule has 2 saturated heterocycles. The van der Waals surface area contributed by atoms with Crippen LogP contribution in [0.25, 0.3) is 6.08 Å². The van der Waals surface area contributed by atoms with E-state index in [1.165, 1.54) is 16.7 Å². The topological polar surface area (TPSA) is 62.6 Å². The molecule has 0 aliphatic carbocycles.